The van der Waals surface area contributed by atoms with Crippen LogP contribution in [0.5, 0.6) is 0 Å². The van der Waals surface area contributed by atoms with E-state index in [4.69, 9.17) is 10.2 Å². The summed E-state index contributed by atoms with van der Waals surface area (Å²) in [5, 5.41) is 20.3. The number of aliphatic carboxylic acids is 1. The van der Waals surface area contributed by atoms with E-state index in [1.54, 1.807) is 0 Å². The lowest BCUT2D eigenvalue weighted by molar-refractivity contribution is -0.140. The Bertz CT molecular complexity index is 418. The van der Waals surface area contributed by atoms with E-state index in [0.717, 1.165) is 5.57 Å². The Kier molecular flexibility index (Phi) is 6.04. The third-order valence-electron chi connectivity index (χ3n) is 2.81. The first-order chi connectivity index (χ1) is 8.95. The summed E-state index contributed by atoms with van der Waals surface area (Å²) in [6, 6.07) is -0.961. The van der Waals surface area contributed by atoms with Crippen LogP contribution in [0.15, 0.2) is 11.1 Å². The van der Waals surface area contributed by atoms with Gasteiger partial charge >= 0.3 is 5.97 Å². The fourth-order valence-electron chi connectivity index (χ4n) is 1.82. The van der Waals surface area contributed by atoms with Crippen LogP contribution >= 0.6 is 11.8 Å². The molecule has 6 nitrogen and oxygen atoms in total. The highest BCUT2D eigenvalue weighted by molar-refractivity contribution is 7.99. The third kappa shape index (κ3) is 4.68. The Morgan fingerprint density at radius 3 is 2.63 bits per heavy atom. The summed E-state index contributed by atoms with van der Waals surface area (Å²) in [5.41, 5.74) is 1.34. The molecule has 0 spiro atoms. The maximum Gasteiger partial charge on any atom is 0.327 e. The molecule has 0 saturated carbocycles. The van der Waals surface area contributed by atoms with Crippen LogP contribution in [0.2, 0.25) is 0 Å². The number of aliphatic hydroxyl groups excluding tert-OH is 1. The van der Waals surface area contributed by atoms with Crippen molar-refractivity contribution in [2.24, 2.45) is 0 Å². The number of carboxylic acid groups (broad SMARTS) is 1. The standard InChI is InChI=1S/C12H17NO5S/c1-7(15)13-10(12(17)18)6-19-5-9-8(4-14)2-3-11(9)16/h10,14H,2-6H2,1H3,(H,13,15)(H,17,18)/t10-/m0/s1. The van der Waals surface area contributed by atoms with E-state index in [1.165, 1.54) is 18.7 Å². The minimum absolute atomic E-state index is 0.0166. The largest absolute Gasteiger partial charge is 0.480 e. The molecule has 3 N–H and O–H groups in total. The van der Waals surface area contributed by atoms with Gasteiger partial charge in [0.25, 0.3) is 0 Å². The van der Waals surface area contributed by atoms with Gasteiger partial charge in [-0.2, -0.15) is 11.8 Å². The van der Waals surface area contributed by atoms with Crippen LogP contribution in [-0.2, 0) is 14.4 Å². The van der Waals surface area contributed by atoms with Gasteiger partial charge < -0.3 is 15.5 Å². The SMILES string of the molecule is CC(=O)N[C@@H](CSCC1=C(CO)CCC1=O)C(=O)O. The Labute approximate surface area is 115 Å². The molecule has 0 fully saturated rings. The molecule has 1 rings (SSSR count). The fraction of sp³-hybridized carbons (Fsp3) is 0.583. The van der Waals surface area contributed by atoms with Gasteiger partial charge in [0, 0.05) is 30.4 Å². The maximum atomic E-state index is 11.6. The number of aliphatic hydroxyl groups is 1. The van der Waals surface area contributed by atoms with E-state index in [-0.39, 0.29) is 18.1 Å². The summed E-state index contributed by atoms with van der Waals surface area (Å²) in [6.45, 7) is 1.13. The average Bonchev–Trinajstić information content (AvgIpc) is 2.68. The second kappa shape index (κ2) is 7.30. The van der Waals surface area contributed by atoms with E-state index >= 15 is 0 Å². The van der Waals surface area contributed by atoms with Crippen molar-refractivity contribution in [1.29, 1.82) is 0 Å². The lowest BCUT2D eigenvalue weighted by Crippen LogP contribution is -2.41. The molecular formula is C12H17NO5S. The average molecular weight is 287 g/mol. The fourth-order valence-corrected chi connectivity index (χ4v) is 2.97. The van der Waals surface area contributed by atoms with Gasteiger partial charge in [-0.05, 0) is 12.0 Å². The zero-order chi connectivity index (χ0) is 14.4. The molecular weight excluding hydrogens is 270 g/mol. The number of thioether (sulfide) groups is 1. The Balaban J connectivity index is 2.50. The van der Waals surface area contributed by atoms with E-state index in [1.807, 2.05) is 0 Å². The van der Waals surface area contributed by atoms with Crippen LogP contribution in [-0.4, -0.2) is 52.0 Å². The van der Waals surface area contributed by atoms with Crippen LogP contribution in [0.1, 0.15) is 19.8 Å². The summed E-state index contributed by atoms with van der Waals surface area (Å²) in [4.78, 5) is 33.3. The molecule has 0 aromatic heterocycles. The summed E-state index contributed by atoms with van der Waals surface area (Å²) in [6.07, 6.45) is 0.999. The van der Waals surface area contributed by atoms with Gasteiger partial charge in [-0.25, -0.2) is 4.79 Å². The number of hydrogen-bond donors (Lipinski definition) is 3. The number of hydrogen-bond acceptors (Lipinski definition) is 5. The number of Topliss-reactive ketones (excluding diaryl/α,β-unsaturated/α-hetero) is 1. The molecule has 0 saturated heterocycles. The van der Waals surface area contributed by atoms with Crippen LogP contribution in [0.25, 0.3) is 0 Å². The number of carboxylic acids is 1. The number of rotatable bonds is 7. The Morgan fingerprint density at radius 2 is 2.11 bits per heavy atom. The predicted octanol–water partition coefficient (Wildman–Crippen LogP) is -0.0393. The smallest absolute Gasteiger partial charge is 0.327 e. The first kappa shape index (κ1) is 15.7. The van der Waals surface area contributed by atoms with Crippen molar-refractivity contribution < 1.29 is 24.6 Å². The van der Waals surface area contributed by atoms with Crippen molar-refractivity contribution >= 4 is 29.4 Å². The summed E-state index contributed by atoms with van der Waals surface area (Å²) in [5.74, 6) is -0.928. The predicted molar refractivity (Wildman–Crippen MR) is 70.9 cm³/mol. The molecule has 1 atom stereocenters. The van der Waals surface area contributed by atoms with Gasteiger partial charge in [0.2, 0.25) is 5.91 Å². The van der Waals surface area contributed by atoms with Crippen molar-refractivity contribution in [1.82, 2.24) is 5.32 Å². The van der Waals surface area contributed by atoms with Crippen LogP contribution in [0.4, 0.5) is 0 Å². The minimum atomic E-state index is -1.10. The van der Waals surface area contributed by atoms with E-state index in [9.17, 15) is 14.4 Å². The van der Waals surface area contributed by atoms with Gasteiger partial charge in [0.05, 0.1) is 6.61 Å². The molecule has 106 valence electrons. The zero-order valence-electron chi connectivity index (χ0n) is 10.6. The lowest BCUT2D eigenvalue weighted by atomic mass is 10.2. The molecule has 0 aromatic carbocycles. The second-order valence-corrected chi connectivity index (χ2v) is 5.30. The van der Waals surface area contributed by atoms with Crippen molar-refractivity contribution in [3.8, 4) is 0 Å². The first-order valence-electron chi connectivity index (χ1n) is 5.88. The molecule has 7 heteroatoms. The van der Waals surface area contributed by atoms with Crippen molar-refractivity contribution in [2.75, 3.05) is 18.1 Å². The molecule has 0 bridgehead atoms. The molecule has 0 radical (unpaired) electrons. The first-order valence-corrected chi connectivity index (χ1v) is 7.03. The molecule has 0 aliphatic heterocycles. The number of carbonyl (C=O) groups is 3. The van der Waals surface area contributed by atoms with Crippen molar-refractivity contribution in [3.63, 3.8) is 0 Å². The number of carbonyl (C=O) groups excluding carboxylic acids is 2. The summed E-state index contributed by atoms with van der Waals surface area (Å²) < 4.78 is 0. The highest BCUT2D eigenvalue weighted by Gasteiger charge is 2.23. The maximum absolute atomic E-state index is 11.6. The monoisotopic (exact) mass is 287 g/mol. The lowest BCUT2D eigenvalue weighted by Gasteiger charge is -2.13. The van der Waals surface area contributed by atoms with Crippen LogP contribution in [0.3, 0.4) is 0 Å². The summed E-state index contributed by atoms with van der Waals surface area (Å²) in [7, 11) is 0. The Morgan fingerprint density at radius 1 is 1.42 bits per heavy atom. The number of nitrogens with one attached hydrogen (secondary N) is 1. The van der Waals surface area contributed by atoms with Gasteiger partial charge in [0.1, 0.15) is 6.04 Å². The van der Waals surface area contributed by atoms with E-state index in [2.05, 4.69) is 5.32 Å². The summed E-state index contributed by atoms with van der Waals surface area (Å²) >= 11 is 1.27. The van der Waals surface area contributed by atoms with Crippen LogP contribution < -0.4 is 5.32 Å². The van der Waals surface area contributed by atoms with Crippen molar-refractivity contribution in [3.05, 3.63) is 11.1 Å². The molecule has 1 amide bonds. The number of ketones is 1. The third-order valence-corrected chi connectivity index (χ3v) is 3.88. The quantitative estimate of drug-likeness (QED) is 0.607. The minimum Gasteiger partial charge on any atom is -0.480 e. The van der Waals surface area contributed by atoms with Gasteiger partial charge in [-0.3, -0.25) is 9.59 Å². The van der Waals surface area contributed by atoms with Crippen LogP contribution in [0, 0.1) is 0 Å². The van der Waals surface area contributed by atoms with Crippen molar-refractivity contribution in [2.45, 2.75) is 25.8 Å². The molecule has 0 heterocycles. The van der Waals surface area contributed by atoms with Gasteiger partial charge in [-0.1, -0.05) is 0 Å². The number of amides is 1. The highest BCUT2D eigenvalue weighted by atomic mass is 32.2. The molecule has 0 unspecified atom stereocenters. The molecule has 19 heavy (non-hydrogen) atoms. The second-order valence-electron chi connectivity index (χ2n) is 4.27. The van der Waals surface area contributed by atoms with E-state index < -0.39 is 17.9 Å². The highest BCUT2D eigenvalue weighted by Crippen LogP contribution is 2.25. The normalized spacial score (nSPS) is 16.6. The van der Waals surface area contributed by atoms with Gasteiger partial charge in [0.15, 0.2) is 5.78 Å². The topological polar surface area (TPSA) is 104 Å². The zero-order valence-corrected chi connectivity index (χ0v) is 11.5. The molecule has 1 aliphatic carbocycles. The van der Waals surface area contributed by atoms with E-state index in [0.29, 0.717) is 24.2 Å². The molecule has 0 aromatic rings. The van der Waals surface area contributed by atoms with Gasteiger partial charge in [-0.15, -0.1) is 0 Å². The molecule has 1 aliphatic rings. The Hall–Kier alpha value is -1.34.